The van der Waals surface area contributed by atoms with Crippen molar-refractivity contribution in [3.8, 4) is 0 Å². The predicted octanol–water partition coefficient (Wildman–Crippen LogP) is 3.25. The Morgan fingerprint density at radius 3 is 2.48 bits per heavy atom. The second kappa shape index (κ2) is 10.6. The predicted molar refractivity (Wildman–Crippen MR) is 114 cm³/mol. The summed E-state index contributed by atoms with van der Waals surface area (Å²) in [6.07, 6.45) is 0.166. The molecule has 0 atom stereocenters. The van der Waals surface area contributed by atoms with E-state index in [9.17, 15) is 18.0 Å². The molecule has 29 heavy (non-hydrogen) atoms. The van der Waals surface area contributed by atoms with Crippen LogP contribution in [0, 0.1) is 0 Å². The van der Waals surface area contributed by atoms with Gasteiger partial charge in [0.05, 0.1) is 11.4 Å². The first-order valence-corrected chi connectivity index (χ1v) is 11.4. The molecule has 1 amide bonds. The number of sulfonamides is 1. The fraction of sp³-hybridized carbons (Fsp3) is 0.263. The monoisotopic (exact) mass is 456 g/mol. The van der Waals surface area contributed by atoms with Gasteiger partial charge < -0.3 is 10.1 Å². The van der Waals surface area contributed by atoms with Crippen molar-refractivity contribution in [3.63, 3.8) is 0 Å². The number of carbonyl (C=O) groups is 2. The van der Waals surface area contributed by atoms with E-state index in [0.717, 1.165) is 9.20 Å². The average molecular weight is 457 g/mol. The first kappa shape index (κ1) is 23.2. The Labute approximate surface area is 179 Å². The van der Waals surface area contributed by atoms with Gasteiger partial charge >= 0.3 is 5.97 Å². The van der Waals surface area contributed by atoms with E-state index in [1.165, 1.54) is 44.1 Å². The smallest absolute Gasteiger partial charge is 0.307 e. The van der Waals surface area contributed by atoms with Gasteiger partial charge in [0.2, 0.25) is 10.0 Å². The van der Waals surface area contributed by atoms with E-state index in [4.69, 9.17) is 16.3 Å². The molecule has 7 nitrogen and oxygen atoms in total. The number of nitrogens with one attached hydrogen (secondary N) is 1. The van der Waals surface area contributed by atoms with Crippen LogP contribution in [-0.2, 0) is 24.3 Å². The molecule has 2 aromatic carbocycles. The second-order valence-electron chi connectivity index (χ2n) is 6.05. The highest BCUT2D eigenvalue weighted by Crippen LogP contribution is 2.26. The summed E-state index contributed by atoms with van der Waals surface area (Å²) in [4.78, 5) is 24.7. The Bertz CT molecular complexity index is 966. The van der Waals surface area contributed by atoms with Crippen LogP contribution in [0.2, 0.25) is 5.02 Å². The lowest BCUT2D eigenvalue weighted by molar-refractivity contribution is -0.146. The molecule has 2 aromatic rings. The van der Waals surface area contributed by atoms with E-state index in [1.54, 1.807) is 0 Å². The van der Waals surface area contributed by atoms with Gasteiger partial charge in [-0.25, -0.2) is 12.7 Å². The minimum absolute atomic E-state index is 0.0408. The molecule has 0 bridgehead atoms. The fourth-order valence-electron chi connectivity index (χ4n) is 2.16. The third-order valence-corrected chi connectivity index (χ3v) is 6.97. The van der Waals surface area contributed by atoms with Crippen LogP contribution in [0.15, 0.2) is 58.3 Å². The van der Waals surface area contributed by atoms with Gasteiger partial charge in [-0.1, -0.05) is 29.8 Å². The summed E-state index contributed by atoms with van der Waals surface area (Å²) in [6.45, 7) is -0.465. The summed E-state index contributed by atoms with van der Waals surface area (Å²) in [5.74, 6) is -0.534. The number of halogens is 1. The lowest BCUT2D eigenvalue weighted by Crippen LogP contribution is -2.23. The first-order chi connectivity index (χ1) is 13.7. The number of rotatable bonds is 9. The van der Waals surface area contributed by atoms with E-state index in [2.05, 4.69) is 5.32 Å². The van der Waals surface area contributed by atoms with Crippen LogP contribution in [0.1, 0.15) is 6.42 Å². The van der Waals surface area contributed by atoms with Crippen LogP contribution < -0.4 is 5.32 Å². The van der Waals surface area contributed by atoms with Gasteiger partial charge in [-0.05, 0) is 30.3 Å². The number of amides is 1. The van der Waals surface area contributed by atoms with Gasteiger partial charge in [0.15, 0.2) is 6.61 Å². The lowest BCUT2D eigenvalue weighted by Gasteiger charge is -2.14. The highest BCUT2D eigenvalue weighted by atomic mass is 35.5. The zero-order valence-electron chi connectivity index (χ0n) is 15.9. The first-order valence-electron chi connectivity index (χ1n) is 8.55. The van der Waals surface area contributed by atoms with Crippen LogP contribution in [0.3, 0.4) is 0 Å². The molecule has 0 heterocycles. The number of thioether (sulfide) groups is 1. The highest BCUT2D eigenvalue weighted by molar-refractivity contribution is 7.99. The zero-order valence-corrected chi connectivity index (χ0v) is 18.3. The summed E-state index contributed by atoms with van der Waals surface area (Å²) >= 11 is 7.49. The fourth-order valence-corrected chi connectivity index (χ4v) is 4.41. The molecule has 0 saturated heterocycles. The van der Waals surface area contributed by atoms with Gasteiger partial charge in [0.25, 0.3) is 5.91 Å². The molecule has 0 fully saturated rings. The maximum Gasteiger partial charge on any atom is 0.307 e. The van der Waals surface area contributed by atoms with Crippen molar-refractivity contribution in [2.24, 2.45) is 0 Å². The Morgan fingerprint density at radius 2 is 1.83 bits per heavy atom. The van der Waals surface area contributed by atoms with Crippen LogP contribution in [-0.4, -0.2) is 51.1 Å². The van der Waals surface area contributed by atoms with Gasteiger partial charge in [-0.3, -0.25) is 9.59 Å². The van der Waals surface area contributed by atoms with Crippen molar-refractivity contribution in [1.82, 2.24) is 4.31 Å². The number of carbonyl (C=O) groups excluding carboxylic acids is 2. The summed E-state index contributed by atoms with van der Waals surface area (Å²) < 4.78 is 30.5. The van der Waals surface area contributed by atoms with Crippen LogP contribution in [0.4, 0.5) is 5.69 Å². The number of nitrogens with zero attached hydrogens (tertiary/aromatic N) is 1. The molecule has 0 radical (unpaired) electrons. The number of ether oxygens (including phenoxy) is 1. The van der Waals surface area contributed by atoms with E-state index in [-0.39, 0.29) is 22.0 Å². The largest absolute Gasteiger partial charge is 0.456 e. The molecular weight excluding hydrogens is 436 g/mol. The Balaban J connectivity index is 1.84. The van der Waals surface area contributed by atoms with E-state index in [0.29, 0.717) is 5.75 Å². The van der Waals surface area contributed by atoms with Crippen molar-refractivity contribution < 1.29 is 22.7 Å². The van der Waals surface area contributed by atoms with Crippen molar-refractivity contribution in [2.45, 2.75) is 16.2 Å². The summed E-state index contributed by atoms with van der Waals surface area (Å²) in [7, 11) is -1.000. The number of benzene rings is 2. The third kappa shape index (κ3) is 7.04. The van der Waals surface area contributed by atoms with Crippen molar-refractivity contribution in [3.05, 3.63) is 53.6 Å². The molecule has 0 saturated carbocycles. The van der Waals surface area contributed by atoms with Crippen molar-refractivity contribution in [2.75, 3.05) is 31.8 Å². The molecule has 0 aliphatic carbocycles. The van der Waals surface area contributed by atoms with Gasteiger partial charge in [0, 0.05) is 30.4 Å². The summed E-state index contributed by atoms with van der Waals surface area (Å²) in [5, 5.41) is 2.54. The molecule has 0 unspecified atom stereocenters. The molecular formula is C19H21ClN2O5S2. The van der Waals surface area contributed by atoms with E-state index >= 15 is 0 Å². The quantitative estimate of drug-likeness (QED) is 0.460. The average Bonchev–Trinajstić information content (AvgIpc) is 2.68. The normalized spacial score (nSPS) is 11.3. The minimum atomic E-state index is -3.76. The molecule has 0 aliphatic rings. The minimum Gasteiger partial charge on any atom is -0.456 e. The van der Waals surface area contributed by atoms with Crippen LogP contribution >= 0.6 is 23.4 Å². The number of hydrogen-bond donors (Lipinski definition) is 1. The molecule has 2 rings (SSSR count). The van der Waals surface area contributed by atoms with Crippen molar-refractivity contribution >= 4 is 50.9 Å². The third-order valence-electron chi connectivity index (χ3n) is 3.66. The Hall–Kier alpha value is -2.07. The van der Waals surface area contributed by atoms with E-state index < -0.39 is 28.5 Å². The summed E-state index contributed by atoms with van der Waals surface area (Å²) in [5.41, 5.74) is 0.232. The maximum atomic E-state index is 12.3. The van der Waals surface area contributed by atoms with Crippen molar-refractivity contribution in [1.29, 1.82) is 0 Å². The number of esters is 1. The molecule has 0 aliphatic heterocycles. The topological polar surface area (TPSA) is 92.8 Å². The molecule has 0 spiro atoms. The van der Waals surface area contributed by atoms with E-state index in [1.807, 2.05) is 30.3 Å². The molecule has 0 aromatic heterocycles. The van der Waals surface area contributed by atoms with Gasteiger partial charge in [-0.15, -0.1) is 11.8 Å². The number of anilines is 1. The Morgan fingerprint density at radius 1 is 1.14 bits per heavy atom. The SMILES string of the molecule is CN(C)S(=O)(=O)c1cc(NC(=O)COC(=O)CCSc2ccccc2)ccc1Cl. The second-order valence-corrected chi connectivity index (χ2v) is 9.75. The standard InChI is InChI=1S/C19H21ClN2O5S2/c1-22(2)29(25,26)17-12-14(8-9-16(17)20)21-18(23)13-27-19(24)10-11-28-15-6-4-3-5-7-15/h3-9,12H,10-11,13H2,1-2H3,(H,21,23). The van der Waals surface area contributed by atoms with Gasteiger partial charge in [0.1, 0.15) is 4.90 Å². The Kier molecular flexibility index (Phi) is 8.51. The maximum absolute atomic E-state index is 12.3. The molecule has 156 valence electrons. The van der Waals surface area contributed by atoms with Crippen LogP contribution in [0.5, 0.6) is 0 Å². The highest BCUT2D eigenvalue weighted by Gasteiger charge is 2.21. The molecule has 10 heteroatoms. The van der Waals surface area contributed by atoms with Crippen LogP contribution in [0.25, 0.3) is 0 Å². The lowest BCUT2D eigenvalue weighted by atomic mass is 10.3. The van der Waals surface area contributed by atoms with Gasteiger partial charge in [-0.2, -0.15) is 0 Å². The number of hydrogen-bond acceptors (Lipinski definition) is 6. The molecule has 1 N–H and O–H groups in total. The summed E-state index contributed by atoms with van der Waals surface area (Å²) in [6, 6.07) is 13.7. The zero-order chi connectivity index (χ0) is 21.4.